The molecule has 3 aromatic carbocycles. The van der Waals surface area contributed by atoms with Crippen molar-refractivity contribution in [3.8, 4) is 17.2 Å². The number of carbonyl (C=O) groups is 1. The summed E-state index contributed by atoms with van der Waals surface area (Å²) in [6.07, 6.45) is 1.55. The first-order chi connectivity index (χ1) is 17.5. The van der Waals surface area contributed by atoms with E-state index < -0.39 is 0 Å². The zero-order valence-corrected chi connectivity index (χ0v) is 21.2. The molecule has 2 unspecified atom stereocenters. The number of methoxy groups -OCH3 is 3. The molecule has 0 aromatic heterocycles. The molecule has 1 aliphatic rings. The largest absolute Gasteiger partial charge is 0.497 e. The topological polar surface area (TPSA) is 60.0 Å². The second kappa shape index (κ2) is 11.4. The van der Waals surface area contributed by atoms with Crippen molar-refractivity contribution in [2.45, 2.75) is 38.4 Å². The van der Waals surface area contributed by atoms with Gasteiger partial charge < -0.3 is 19.5 Å². The first-order valence-electron chi connectivity index (χ1n) is 12.2. The van der Waals surface area contributed by atoms with Crippen molar-refractivity contribution in [1.82, 2.24) is 10.2 Å². The maximum atomic E-state index is 13.5. The molecule has 0 bridgehead atoms. The van der Waals surface area contributed by atoms with Gasteiger partial charge in [-0.05, 0) is 78.1 Å². The molecule has 0 saturated heterocycles. The third kappa shape index (κ3) is 5.46. The van der Waals surface area contributed by atoms with Gasteiger partial charge in [0.05, 0.1) is 27.4 Å². The highest BCUT2D eigenvalue weighted by atomic mass is 19.1. The van der Waals surface area contributed by atoms with Gasteiger partial charge in [0, 0.05) is 24.7 Å². The van der Waals surface area contributed by atoms with Crippen LogP contribution in [0.5, 0.6) is 17.2 Å². The van der Waals surface area contributed by atoms with E-state index in [1.165, 1.54) is 17.7 Å². The lowest BCUT2D eigenvalue weighted by Crippen LogP contribution is -2.48. The summed E-state index contributed by atoms with van der Waals surface area (Å²) in [7, 11) is 4.86. The van der Waals surface area contributed by atoms with Crippen LogP contribution in [0.25, 0.3) is 0 Å². The third-order valence-electron chi connectivity index (χ3n) is 6.81. The van der Waals surface area contributed by atoms with Crippen LogP contribution in [0, 0.1) is 5.82 Å². The molecule has 0 radical (unpaired) electrons. The summed E-state index contributed by atoms with van der Waals surface area (Å²) in [6, 6.07) is 17.5. The van der Waals surface area contributed by atoms with Gasteiger partial charge in [-0.3, -0.25) is 9.69 Å². The molecule has 1 amide bonds. The first kappa shape index (κ1) is 25.5. The monoisotopic (exact) mass is 492 g/mol. The van der Waals surface area contributed by atoms with Crippen LogP contribution in [-0.2, 0) is 13.0 Å². The van der Waals surface area contributed by atoms with Gasteiger partial charge in [-0.1, -0.05) is 19.1 Å². The minimum Gasteiger partial charge on any atom is -0.497 e. The lowest BCUT2D eigenvalue weighted by Gasteiger charge is -2.42. The fourth-order valence-electron chi connectivity index (χ4n) is 4.90. The molecule has 6 nitrogen and oxygen atoms in total. The molecule has 1 aliphatic heterocycles. The number of ether oxygens (including phenoxy) is 3. The van der Waals surface area contributed by atoms with E-state index in [9.17, 15) is 9.18 Å². The summed E-state index contributed by atoms with van der Waals surface area (Å²) in [5.74, 6) is 1.65. The lowest BCUT2D eigenvalue weighted by molar-refractivity contribution is 0.0859. The molecule has 0 saturated carbocycles. The van der Waals surface area contributed by atoms with Crippen molar-refractivity contribution in [3.05, 3.63) is 88.7 Å². The predicted octanol–water partition coefficient (Wildman–Crippen LogP) is 5.16. The molecule has 3 aromatic rings. The summed E-state index contributed by atoms with van der Waals surface area (Å²) < 4.78 is 29.9. The number of nitrogens with one attached hydrogen (secondary N) is 1. The highest BCUT2D eigenvalue weighted by molar-refractivity contribution is 5.94. The van der Waals surface area contributed by atoms with Crippen molar-refractivity contribution in [2.75, 3.05) is 27.9 Å². The predicted molar refractivity (Wildman–Crippen MR) is 137 cm³/mol. The number of nitrogens with zero attached hydrogens (tertiary/aromatic N) is 1. The number of carbonyl (C=O) groups excluding carboxylic acids is 1. The molecule has 2 atom stereocenters. The Labute approximate surface area is 212 Å². The van der Waals surface area contributed by atoms with Gasteiger partial charge in [-0.2, -0.15) is 0 Å². The smallest absolute Gasteiger partial charge is 0.251 e. The van der Waals surface area contributed by atoms with E-state index in [2.05, 4.69) is 17.1 Å². The molecule has 0 spiro atoms. The van der Waals surface area contributed by atoms with Crippen LogP contribution in [0.3, 0.4) is 0 Å². The Morgan fingerprint density at radius 2 is 1.67 bits per heavy atom. The van der Waals surface area contributed by atoms with Crippen molar-refractivity contribution in [1.29, 1.82) is 0 Å². The fraction of sp³-hybridized carbons (Fsp3) is 0.345. The number of fused-ring (bicyclic) bond motifs is 1. The molecule has 0 fully saturated rings. The van der Waals surface area contributed by atoms with Gasteiger partial charge in [0.25, 0.3) is 5.91 Å². The Kier molecular flexibility index (Phi) is 8.10. The fourth-order valence-corrected chi connectivity index (χ4v) is 4.90. The van der Waals surface area contributed by atoms with Crippen LogP contribution in [0.4, 0.5) is 4.39 Å². The number of rotatable bonds is 9. The maximum absolute atomic E-state index is 13.5. The number of hydrogen-bond donors (Lipinski definition) is 1. The molecule has 4 rings (SSSR count). The number of hydrogen-bond acceptors (Lipinski definition) is 5. The van der Waals surface area contributed by atoms with Crippen LogP contribution in [0.1, 0.15) is 46.4 Å². The van der Waals surface area contributed by atoms with E-state index in [0.717, 1.165) is 30.5 Å². The van der Waals surface area contributed by atoms with E-state index in [1.807, 2.05) is 24.3 Å². The van der Waals surface area contributed by atoms with Crippen molar-refractivity contribution in [3.63, 3.8) is 0 Å². The number of halogens is 1. The Hall–Kier alpha value is -3.58. The molecule has 0 aliphatic carbocycles. The summed E-state index contributed by atoms with van der Waals surface area (Å²) >= 11 is 0. The van der Waals surface area contributed by atoms with Crippen LogP contribution < -0.4 is 19.5 Å². The van der Waals surface area contributed by atoms with Gasteiger partial charge in [-0.15, -0.1) is 0 Å². The van der Waals surface area contributed by atoms with Gasteiger partial charge in [-0.25, -0.2) is 4.39 Å². The quantitative estimate of drug-likeness (QED) is 0.447. The van der Waals surface area contributed by atoms with Crippen molar-refractivity contribution >= 4 is 5.91 Å². The third-order valence-corrected chi connectivity index (χ3v) is 6.81. The summed E-state index contributed by atoms with van der Waals surface area (Å²) in [6.45, 7) is 3.50. The normalized spacial score (nSPS) is 16.1. The number of benzene rings is 3. The van der Waals surface area contributed by atoms with E-state index in [-0.39, 0.29) is 23.8 Å². The average molecular weight is 493 g/mol. The zero-order chi connectivity index (χ0) is 25.7. The molecular formula is C29H33FN2O4. The Bertz CT molecular complexity index is 1180. The zero-order valence-electron chi connectivity index (χ0n) is 21.2. The highest BCUT2D eigenvalue weighted by Gasteiger charge is 2.35. The van der Waals surface area contributed by atoms with Crippen molar-refractivity contribution in [2.24, 2.45) is 0 Å². The molecule has 7 heteroatoms. The van der Waals surface area contributed by atoms with Gasteiger partial charge >= 0.3 is 0 Å². The summed E-state index contributed by atoms with van der Waals surface area (Å²) in [5, 5.41) is 3.27. The molecule has 1 N–H and O–H groups in total. The molecule has 1 heterocycles. The van der Waals surface area contributed by atoms with Crippen LogP contribution in [-0.4, -0.2) is 44.7 Å². The second-order valence-electron chi connectivity index (χ2n) is 8.91. The SMILES string of the molecule is CCC(NC(=O)c1ccc(OC)cc1)C1c2cc(OC)c(OC)cc2CCN1Cc1ccc(F)cc1. The van der Waals surface area contributed by atoms with Crippen LogP contribution in [0.2, 0.25) is 0 Å². The van der Waals surface area contributed by atoms with Gasteiger partial charge in [0.2, 0.25) is 0 Å². The summed E-state index contributed by atoms with van der Waals surface area (Å²) in [5.41, 5.74) is 3.86. The molecular weight excluding hydrogens is 459 g/mol. The maximum Gasteiger partial charge on any atom is 0.251 e. The second-order valence-corrected chi connectivity index (χ2v) is 8.91. The van der Waals surface area contributed by atoms with Crippen LogP contribution in [0.15, 0.2) is 60.7 Å². The standard InChI is InChI=1S/C29H33FN2O4/c1-5-25(31-29(33)20-8-12-23(34-2)13-9-20)28-24-17-27(36-4)26(35-3)16-21(24)14-15-32(28)18-19-6-10-22(30)11-7-19/h6-13,16-17,25,28H,5,14-15,18H2,1-4H3,(H,31,33). The molecule has 190 valence electrons. The highest BCUT2D eigenvalue weighted by Crippen LogP contribution is 2.40. The number of amides is 1. The van der Waals surface area contributed by atoms with Crippen molar-refractivity contribution < 1.29 is 23.4 Å². The van der Waals surface area contributed by atoms with E-state index in [0.29, 0.717) is 29.4 Å². The first-order valence-corrected chi connectivity index (χ1v) is 12.2. The molecule has 36 heavy (non-hydrogen) atoms. The minimum absolute atomic E-state index is 0.106. The van der Waals surface area contributed by atoms with E-state index in [1.54, 1.807) is 45.6 Å². The van der Waals surface area contributed by atoms with Gasteiger partial charge in [0.15, 0.2) is 11.5 Å². The van der Waals surface area contributed by atoms with E-state index in [4.69, 9.17) is 14.2 Å². The van der Waals surface area contributed by atoms with E-state index >= 15 is 0 Å². The Balaban J connectivity index is 1.69. The average Bonchev–Trinajstić information content (AvgIpc) is 2.92. The van der Waals surface area contributed by atoms with Gasteiger partial charge in [0.1, 0.15) is 11.6 Å². The Morgan fingerprint density at radius 3 is 2.28 bits per heavy atom. The van der Waals surface area contributed by atoms with Crippen LogP contribution >= 0.6 is 0 Å². The minimum atomic E-state index is -0.255. The summed E-state index contributed by atoms with van der Waals surface area (Å²) in [4.78, 5) is 15.6. The Morgan fingerprint density at radius 1 is 1.00 bits per heavy atom. The lowest BCUT2D eigenvalue weighted by atomic mass is 9.86.